The standard InChI is InChI=1S/C18H16ClN3O3S/c1-11-20-17(25-22-11)10-26-16-6-4-3-5-13(16)18(23)21-14-9-12(19)7-8-15(14)24-2/h3-9H,10H2,1-2H3,(H,21,23). The third kappa shape index (κ3) is 4.36. The number of nitrogens with one attached hydrogen (secondary N) is 1. The first kappa shape index (κ1) is 18.3. The van der Waals surface area contributed by atoms with E-state index < -0.39 is 0 Å². The predicted molar refractivity (Wildman–Crippen MR) is 101 cm³/mol. The van der Waals surface area contributed by atoms with E-state index in [0.29, 0.717) is 39.5 Å². The number of benzene rings is 2. The number of aromatic nitrogens is 2. The Labute approximate surface area is 159 Å². The van der Waals surface area contributed by atoms with Crippen LogP contribution in [0.15, 0.2) is 51.9 Å². The fourth-order valence-electron chi connectivity index (χ4n) is 2.29. The fourth-order valence-corrected chi connectivity index (χ4v) is 3.35. The molecule has 8 heteroatoms. The molecule has 2 aromatic carbocycles. The van der Waals surface area contributed by atoms with Gasteiger partial charge < -0.3 is 14.6 Å². The lowest BCUT2D eigenvalue weighted by molar-refractivity contribution is 0.102. The Bertz CT molecular complexity index is 930. The molecule has 0 saturated carbocycles. The third-order valence-electron chi connectivity index (χ3n) is 3.46. The Morgan fingerprint density at radius 3 is 2.85 bits per heavy atom. The van der Waals surface area contributed by atoms with E-state index in [1.807, 2.05) is 18.2 Å². The number of carbonyl (C=O) groups is 1. The number of rotatable bonds is 6. The summed E-state index contributed by atoms with van der Waals surface area (Å²) in [6.07, 6.45) is 0. The van der Waals surface area contributed by atoms with Gasteiger partial charge >= 0.3 is 0 Å². The Kier molecular flexibility index (Phi) is 5.80. The van der Waals surface area contributed by atoms with E-state index in [0.717, 1.165) is 4.90 Å². The van der Waals surface area contributed by atoms with Crippen molar-refractivity contribution in [3.05, 3.63) is 64.8 Å². The van der Waals surface area contributed by atoms with Crippen molar-refractivity contribution in [2.75, 3.05) is 12.4 Å². The van der Waals surface area contributed by atoms with Crippen LogP contribution < -0.4 is 10.1 Å². The van der Waals surface area contributed by atoms with Crippen molar-refractivity contribution in [2.24, 2.45) is 0 Å². The summed E-state index contributed by atoms with van der Waals surface area (Å²) in [6.45, 7) is 1.76. The number of halogens is 1. The second-order valence-corrected chi connectivity index (χ2v) is 6.77. The van der Waals surface area contributed by atoms with Gasteiger partial charge in [-0.3, -0.25) is 4.79 Å². The molecule has 1 aromatic heterocycles. The number of carbonyl (C=O) groups excluding carboxylic acids is 1. The Balaban J connectivity index is 1.78. The zero-order chi connectivity index (χ0) is 18.5. The minimum atomic E-state index is -0.254. The zero-order valence-corrected chi connectivity index (χ0v) is 15.7. The number of ether oxygens (including phenoxy) is 1. The molecule has 0 aliphatic heterocycles. The van der Waals surface area contributed by atoms with Gasteiger partial charge in [0.1, 0.15) is 5.75 Å². The van der Waals surface area contributed by atoms with Gasteiger partial charge in [0.2, 0.25) is 5.89 Å². The molecule has 6 nitrogen and oxygen atoms in total. The first-order chi connectivity index (χ1) is 12.6. The van der Waals surface area contributed by atoms with Crippen LogP contribution in [0.25, 0.3) is 0 Å². The normalized spacial score (nSPS) is 10.6. The zero-order valence-electron chi connectivity index (χ0n) is 14.2. The molecule has 0 aliphatic carbocycles. The molecule has 3 rings (SSSR count). The van der Waals surface area contributed by atoms with Gasteiger partial charge in [-0.25, -0.2) is 0 Å². The topological polar surface area (TPSA) is 77.2 Å². The van der Waals surface area contributed by atoms with Crippen LogP contribution in [0.1, 0.15) is 22.1 Å². The van der Waals surface area contributed by atoms with E-state index in [9.17, 15) is 4.79 Å². The average molecular weight is 390 g/mol. The first-order valence-electron chi connectivity index (χ1n) is 7.72. The van der Waals surface area contributed by atoms with Crippen molar-refractivity contribution < 1.29 is 14.1 Å². The Morgan fingerprint density at radius 2 is 2.12 bits per heavy atom. The SMILES string of the molecule is COc1ccc(Cl)cc1NC(=O)c1ccccc1SCc1nc(C)no1. The summed E-state index contributed by atoms with van der Waals surface area (Å²) >= 11 is 7.47. The minimum Gasteiger partial charge on any atom is -0.495 e. The highest BCUT2D eigenvalue weighted by Crippen LogP contribution is 2.30. The highest BCUT2D eigenvalue weighted by Gasteiger charge is 2.15. The van der Waals surface area contributed by atoms with Gasteiger partial charge in [0.15, 0.2) is 5.82 Å². The first-order valence-corrected chi connectivity index (χ1v) is 9.09. The Morgan fingerprint density at radius 1 is 1.31 bits per heavy atom. The predicted octanol–water partition coefficient (Wildman–Crippen LogP) is 4.58. The van der Waals surface area contributed by atoms with E-state index in [4.69, 9.17) is 20.9 Å². The highest BCUT2D eigenvalue weighted by molar-refractivity contribution is 7.98. The summed E-state index contributed by atoms with van der Waals surface area (Å²) in [6, 6.07) is 12.4. The van der Waals surface area contributed by atoms with Crippen molar-refractivity contribution in [1.29, 1.82) is 0 Å². The van der Waals surface area contributed by atoms with E-state index in [2.05, 4.69) is 15.5 Å². The summed E-state index contributed by atoms with van der Waals surface area (Å²) in [5.41, 5.74) is 1.05. The lowest BCUT2D eigenvalue weighted by Gasteiger charge is -2.12. The minimum absolute atomic E-state index is 0.254. The van der Waals surface area contributed by atoms with Crippen molar-refractivity contribution >= 4 is 35.0 Å². The maximum Gasteiger partial charge on any atom is 0.256 e. The molecule has 0 aliphatic rings. The highest BCUT2D eigenvalue weighted by atomic mass is 35.5. The van der Waals surface area contributed by atoms with Gasteiger partial charge in [-0.15, -0.1) is 11.8 Å². The quantitative estimate of drug-likeness (QED) is 0.621. The number of methoxy groups -OCH3 is 1. The summed E-state index contributed by atoms with van der Waals surface area (Å²) in [5.74, 6) is 1.86. The van der Waals surface area contributed by atoms with E-state index >= 15 is 0 Å². The maximum absolute atomic E-state index is 12.8. The van der Waals surface area contributed by atoms with Crippen LogP contribution in [0.2, 0.25) is 5.02 Å². The van der Waals surface area contributed by atoms with Gasteiger partial charge in [-0.2, -0.15) is 4.98 Å². The number of anilines is 1. The third-order valence-corrected chi connectivity index (χ3v) is 4.76. The summed E-state index contributed by atoms with van der Waals surface area (Å²) in [4.78, 5) is 17.7. The van der Waals surface area contributed by atoms with Gasteiger partial charge in [0.05, 0.1) is 24.1 Å². The lowest BCUT2D eigenvalue weighted by atomic mass is 10.2. The van der Waals surface area contributed by atoms with Crippen molar-refractivity contribution in [3.63, 3.8) is 0 Å². The lowest BCUT2D eigenvalue weighted by Crippen LogP contribution is -2.13. The van der Waals surface area contributed by atoms with E-state index in [1.54, 1.807) is 31.2 Å². The van der Waals surface area contributed by atoms with Gasteiger partial charge in [0, 0.05) is 9.92 Å². The van der Waals surface area contributed by atoms with Crippen LogP contribution in [0.5, 0.6) is 5.75 Å². The van der Waals surface area contributed by atoms with Gasteiger partial charge in [0.25, 0.3) is 5.91 Å². The molecule has 0 saturated heterocycles. The molecule has 0 bridgehead atoms. The molecule has 3 aromatic rings. The number of hydrogen-bond acceptors (Lipinski definition) is 6. The van der Waals surface area contributed by atoms with Crippen LogP contribution >= 0.6 is 23.4 Å². The molecule has 0 spiro atoms. The fraction of sp³-hybridized carbons (Fsp3) is 0.167. The molecular formula is C18H16ClN3O3S. The van der Waals surface area contributed by atoms with E-state index in [-0.39, 0.29) is 5.91 Å². The number of nitrogens with zero attached hydrogens (tertiary/aromatic N) is 2. The molecule has 0 unspecified atom stereocenters. The van der Waals surface area contributed by atoms with Crippen molar-refractivity contribution in [3.8, 4) is 5.75 Å². The Hall–Kier alpha value is -2.51. The van der Waals surface area contributed by atoms with Crippen LogP contribution in [-0.2, 0) is 5.75 Å². The van der Waals surface area contributed by atoms with Crippen LogP contribution in [0, 0.1) is 6.92 Å². The number of amides is 1. The molecule has 0 radical (unpaired) electrons. The van der Waals surface area contributed by atoms with Crippen molar-refractivity contribution in [1.82, 2.24) is 10.1 Å². The van der Waals surface area contributed by atoms with Crippen LogP contribution in [0.4, 0.5) is 5.69 Å². The molecule has 26 heavy (non-hydrogen) atoms. The second kappa shape index (κ2) is 8.25. The molecule has 1 heterocycles. The molecule has 0 atom stereocenters. The number of thioether (sulfide) groups is 1. The molecule has 0 fully saturated rings. The number of hydrogen-bond donors (Lipinski definition) is 1. The average Bonchev–Trinajstić information content (AvgIpc) is 3.06. The largest absolute Gasteiger partial charge is 0.495 e. The molecule has 1 N–H and O–H groups in total. The number of aryl methyl sites for hydroxylation is 1. The smallest absolute Gasteiger partial charge is 0.256 e. The molecular weight excluding hydrogens is 374 g/mol. The van der Waals surface area contributed by atoms with E-state index in [1.165, 1.54) is 18.9 Å². The second-order valence-electron chi connectivity index (χ2n) is 5.32. The molecule has 134 valence electrons. The van der Waals surface area contributed by atoms with Gasteiger partial charge in [-0.1, -0.05) is 28.9 Å². The maximum atomic E-state index is 12.8. The summed E-state index contributed by atoms with van der Waals surface area (Å²) < 4.78 is 10.4. The monoisotopic (exact) mass is 389 g/mol. The summed E-state index contributed by atoms with van der Waals surface area (Å²) in [5, 5.41) is 7.12. The van der Waals surface area contributed by atoms with Gasteiger partial charge in [-0.05, 0) is 37.3 Å². The summed E-state index contributed by atoms with van der Waals surface area (Å²) in [7, 11) is 1.54. The van der Waals surface area contributed by atoms with Crippen LogP contribution in [0.3, 0.4) is 0 Å². The van der Waals surface area contributed by atoms with Crippen molar-refractivity contribution in [2.45, 2.75) is 17.6 Å². The molecule has 1 amide bonds. The van der Waals surface area contributed by atoms with Crippen LogP contribution in [-0.4, -0.2) is 23.2 Å².